The predicted molar refractivity (Wildman–Crippen MR) is 59.2 cm³/mol. The van der Waals surface area contributed by atoms with Crippen LogP contribution in [0.1, 0.15) is 12.8 Å². The normalized spacial score (nSPS) is 19.9. The highest BCUT2D eigenvalue weighted by atomic mass is 16.5. The third-order valence-electron chi connectivity index (χ3n) is 3.11. The molecular formula is C11H21NO4. The lowest BCUT2D eigenvalue weighted by Gasteiger charge is -2.36. The van der Waals surface area contributed by atoms with Crippen LogP contribution in [-0.4, -0.2) is 67.5 Å². The summed E-state index contributed by atoms with van der Waals surface area (Å²) in [5.74, 6) is 0. The van der Waals surface area contributed by atoms with E-state index in [0.717, 1.165) is 19.1 Å². The molecule has 0 aromatic carbocycles. The van der Waals surface area contributed by atoms with Gasteiger partial charge in [0.2, 0.25) is 0 Å². The molecule has 1 aliphatic heterocycles. The first-order valence-corrected chi connectivity index (χ1v) is 5.74. The predicted octanol–water partition coefficient (Wildman–Crippen LogP) is -0.731. The summed E-state index contributed by atoms with van der Waals surface area (Å²) in [5.41, 5.74) is -0.359. The van der Waals surface area contributed by atoms with E-state index in [0.29, 0.717) is 32.8 Å². The molecule has 0 radical (unpaired) electrons. The first-order chi connectivity index (χ1) is 7.76. The van der Waals surface area contributed by atoms with Crippen molar-refractivity contribution in [1.29, 1.82) is 0 Å². The van der Waals surface area contributed by atoms with Crippen molar-refractivity contribution in [3.8, 4) is 0 Å². The van der Waals surface area contributed by atoms with Gasteiger partial charge in [0.15, 0.2) is 0 Å². The molecule has 0 aromatic heterocycles. The zero-order valence-corrected chi connectivity index (χ0v) is 9.60. The van der Waals surface area contributed by atoms with Gasteiger partial charge in [-0.1, -0.05) is 0 Å². The molecule has 0 amide bonds. The SMILES string of the molecule is O=CC1(CN(CCO)CCO)CCOCC1. The summed E-state index contributed by atoms with van der Waals surface area (Å²) in [7, 11) is 0. The number of aliphatic hydroxyl groups is 2. The minimum absolute atomic E-state index is 0.0471. The number of hydrogen-bond donors (Lipinski definition) is 2. The molecule has 5 nitrogen and oxygen atoms in total. The number of hydrogen-bond acceptors (Lipinski definition) is 5. The van der Waals surface area contributed by atoms with Crippen molar-refractivity contribution < 1.29 is 19.7 Å². The number of aliphatic hydroxyl groups excluding tert-OH is 2. The number of carbonyl (C=O) groups excluding carboxylic acids is 1. The van der Waals surface area contributed by atoms with Crippen LogP contribution in [0.5, 0.6) is 0 Å². The maximum atomic E-state index is 11.2. The van der Waals surface area contributed by atoms with Gasteiger partial charge in [0.1, 0.15) is 6.29 Å². The first kappa shape index (κ1) is 13.6. The Morgan fingerprint density at radius 1 is 1.19 bits per heavy atom. The smallest absolute Gasteiger partial charge is 0.127 e. The van der Waals surface area contributed by atoms with Gasteiger partial charge in [-0.3, -0.25) is 4.90 Å². The Hall–Kier alpha value is -0.490. The largest absolute Gasteiger partial charge is 0.395 e. The van der Waals surface area contributed by atoms with Gasteiger partial charge >= 0.3 is 0 Å². The highest BCUT2D eigenvalue weighted by molar-refractivity contribution is 5.60. The van der Waals surface area contributed by atoms with E-state index in [2.05, 4.69) is 0 Å². The summed E-state index contributed by atoms with van der Waals surface area (Å²) >= 11 is 0. The lowest BCUT2D eigenvalue weighted by atomic mass is 9.81. The van der Waals surface area contributed by atoms with Gasteiger partial charge in [-0.05, 0) is 12.8 Å². The molecule has 16 heavy (non-hydrogen) atoms. The maximum Gasteiger partial charge on any atom is 0.127 e. The summed E-state index contributed by atoms with van der Waals surface area (Å²) in [6.45, 7) is 2.92. The maximum absolute atomic E-state index is 11.2. The Kier molecular flexibility index (Phi) is 5.90. The van der Waals surface area contributed by atoms with E-state index in [1.807, 2.05) is 4.90 Å². The van der Waals surface area contributed by atoms with Gasteiger partial charge in [-0.2, -0.15) is 0 Å². The second-order valence-electron chi connectivity index (χ2n) is 4.32. The molecule has 0 aliphatic carbocycles. The lowest BCUT2D eigenvalue weighted by molar-refractivity contribution is -0.123. The summed E-state index contributed by atoms with van der Waals surface area (Å²) in [6, 6.07) is 0. The average molecular weight is 231 g/mol. The molecule has 1 fully saturated rings. The molecule has 0 bridgehead atoms. The molecule has 5 heteroatoms. The molecule has 94 valence electrons. The van der Waals surface area contributed by atoms with Crippen LogP contribution in [0.15, 0.2) is 0 Å². The third-order valence-corrected chi connectivity index (χ3v) is 3.11. The quantitative estimate of drug-likeness (QED) is 0.565. The number of carbonyl (C=O) groups is 1. The molecule has 1 saturated heterocycles. The molecule has 0 spiro atoms. The standard InChI is InChI=1S/C11H21NO4/c13-5-3-12(4-6-14)9-11(10-15)1-7-16-8-2-11/h10,13-14H,1-9H2. The van der Waals surface area contributed by atoms with Gasteiger partial charge < -0.3 is 19.7 Å². The second kappa shape index (κ2) is 6.96. The van der Waals surface area contributed by atoms with E-state index >= 15 is 0 Å². The van der Waals surface area contributed by atoms with Crippen molar-refractivity contribution in [2.45, 2.75) is 12.8 Å². The van der Waals surface area contributed by atoms with Gasteiger partial charge in [0.25, 0.3) is 0 Å². The minimum Gasteiger partial charge on any atom is -0.395 e. The van der Waals surface area contributed by atoms with E-state index < -0.39 is 0 Å². The Morgan fingerprint density at radius 2 is 1.75 bits per heavy atom. The zero-order valence-electron chi connectivity index (χ0n) is 9.60. The van der Waals surface area contributed by atoms with Gasteiger partial charge in [0, 0.05) is 38.3 Å². The molecule has 0 saturated carbocycles. The van der Waals surface area contributed by atoms with Crippen molar-refractivity contribution in [1.82, 2.24) is 4.90 Å². The van der Waals surface area contributed by atoms with Crippen LogP contribution in [0.3, 0.4) is 0 Å². The number of ether oxygens (including phenoxy) is 1. The van der Waals surface area contributed by atoms with Gasteiger partial charge in [-0.25, -0.2) is 0 Å². The van der Waals surface area contributed by atoms with E-state index in [-0.39, 0.29) is 18.6 Å². The summed E-state index contributed by atoms with van der Waals surface area (Å²) < 4.78 is 5.25. The summed E-state index contributed by atoms with van der Waals surface area (Å²) in [5, 5.41) is 17.8. The fourth-order valence-electron chi connectivity index (χ4n) is 2.09. The lowest BCUT2D eigenvalue weighted by Crippen LogP contribution is -2.44. The van der Waals surface area contributed by atoms with E-state index in [4.69, 9.17) is 14.9 Å². The molecule has 2 N–H and O–H groups in total. The van der Waals surface area contributed by atoms with Crippen LogP contribution < -0.4 is 0 Å². The Labute approximate surface area is 96.0 Å². The van der Waals surface area contributed by atoms with Crippen LogP contribution in [0.25, 0.3) is 0 Å². The van der Waals surface area contributed by atoms with E-state index in [1.165, 1.54) is 0 Å². The van der Waals surface area contributed by atoms with Crippen LogP contribution in [0, 0.1) is 5.41 Å². The zero-order chi connectivity index (χ0) is 11.9. The number of rotatable bonds is 7. The molecule has 0 aromatic rings. The van der Waals surface area contributed by atoms with Crippen molar-refractivity contribution in [2.75, 3.05) is 46.1 Å². The van der Waals surface area contributed by atoms with Crippen molar-refractivity contribution in [2.24, 2.45) is 5.41 Å². The minimum atomic E-state index is -0.359. The third kappa shape index (κ3) is 3.83. The molecule has 0 unspecified atom stereocenters. The van der Waals surface area contributed by atoms with E-state index in [9.17, 15) is 4.79 Å². The fourth-order valence-corrected chi connectivity index (χ4v) is 2.09. The van der Waals surface area contributed by atoms with Crippen LogP contribution >= 0.6 is 0 Å². The Balaban J connectivity index is 2.53. The Bertz CT molecular complexity index is 198. The van der Waals surface area contributed by atoms with Gasteiger partial charge in [0.05, 0.1) is 13.2 Å². The average Bonchev–Trinajstić information content (AvgIpc) is 2.31. The number of aldehydes is 1. The number of nitrogens with zero attached hydrogens (tertiary/aromatic N) is 1. The van der Waals surface area contributed by atoms with Crippen molar-refractivity contribution in [3.05, 3.63) is 0 Å². The molecular weight excluding hydrogens is 210 g/mol. The second-order valence-corrected chi connectivity index (χ2v) is 4.32. The van der Waals surface area contributed by atoms with Crippen molar-refractivity contribution in [3.63, 3.8) is 0 Å². The fraction of sp³-hybridized carbons (Fsp3) is 0.909. The Morgan fingerprint density at radius 3 is 2.19 bits per heavy atom. The molecule has 1 rings (SSSR count). The highest BCUT2D eigenvalue weighted by Crippen LogP contribution is 2.29. The first-order valence-electron chi connectivity index (χ1n) is 5.74. The van der Waals surface area contributed by atoms with Crippen LogP contribution in [-0.2, 0) is 9.53 Å². The van der Waals surface area contributed by atoms with Gasteiger partial charge in [-0.15, -0.1) is 0 Å². The molecule has 1 aliphatic rings. The van der Waals surface area contributed by atoms with Crippen LogP contribution in [0.4, 0.5) is 0 Å². The molecule has 0 atom stereocenters. The summed E-state index contributed by atoms with van der Waals surface area (Å²) in [4.78, 5) is 13.1. The van der Waals surface area contributed by atoms with Crippen LogP contribution in [0.2, 0.25) is 0 Å². The summed E-state index contributed by atoms with van der Waals surface area (Å²) in [6.07, 6.45) is 2.46. The highest BCUT2D eigenvalue weighted by Gasteiger charge is 2.33. The van der Waals surface area contributed by atoms with E-state index in [1.54, 1.807) is 0 Å². The monoisotopic (exact) mass is 231 g/mol. The topological polar surface area (TPSA) is 70.0 Å². The van der Waals surface area contributed by atoms with Crippen molar-refractivity contribution >= 4 is 6.29 Å². The molecule has 1 heterocycles.